The van der Waals surface area contributed by atoms with Gasteiger partial charge in [-0.25, -0.2) is 4.79 Å². The van der Waals surface area contributed by atoms with Crippen molar-refractivity contribution >= 4 is 12.4 Å². The van der Waals surface area contributed by atoms with Gasteiger partial charge in [0.25, 0.3) is 0 Å². The van der Waals surface area contributed by atoms with Crippen LogP contribution >= 0.6 is 0 Å². The lowest BCUT2D eigenvalue weighted by Crippen LogP contribution is -2.51. The van der Waals surface area contributed by atoms with Gasteiger partial charge in [0.2, 0.25) is 0 Å². The van der Waals surface area contributed by atoms with Crippen LogP contribution in [0.1, 0.15) is 40.5 Å². The molecule has 0 aromatic carbocycles. The lowest BCUT2D eigenvalue weighted by Gasteiger charge is -2.35. The molecular formula is C12H21NO3. The average molecular weight is 227 g/mol. The zero-order chi connectivity index (χ0) is 12.6. The first kappa shape index (κ1) is 13.0. The summed E-state index contributed by atoms with van der Waals surface area (Å²) in [6.45, 7) is 7.23. The quantitative estimate of drug-likeness (QED) is 0.694. The van der Waals surface area contributed by atoms with E-state index in [1.165, 1.54) is 4.90 Å². The maximum atomic E-state index is 11.8. The number of likely N-dealkylation sites (N-methyl/N-ethyl adjacent to an activating group) is 1. The van der Waals surface area contributed by atoms with Gasteiger partial charge in [-0.1, -0.05) is 0 Å². The maximum absolute atomic E-state index is 11.8. The Kier molecular flexibility index (Phi) is 3.31. The van der Waals surface area contributed by atoms with Crippen molar-refractivity contribution in [3.05, 3.63) is 0 Å². The number of hydrogen-bond donors (Lipinski definition) is 0. The van der Waals surface area contributed by atoms with Crippen LogP contribution in [0.25, 0.3) is 0 Å². The molecule has 4 nitrogen and oxygen atoms in total. The van der Waals surface area contributed by atoms with Gasteiger partial charge >= 0.3 is 6.09 Å². The first-order valence-corrected chi connectivity index (χ1v) is 5.64. The molecular weight excluding hydrogens is 206 g/mol. The number of amides is 1. The summed E-state index contributed by atoms with van der Waals surface area (Å²) in [6.07, 6.45) is 2.42. The minimum atomic E-state index is -0.720. The summed E-state index contributed by atoms with van der Waals surface area (Å²) in [5.74, 6) is 0.280. The molecule has 1 saturated carbocycles. The molecule has 0 saturated heterocycles. The summed E-state index contributed by atoms with van der Waals surface area (Å²) in [4.78, 5) is 24.4. The fourth-order valence-corrected chi connectivity index (χ4v) is 1.64. The Morgan fingerprint density at radius 3 is 2.12 bits per heavy atom. The van der Waals surface area contributed by atoms with Crippen molar-refractivity contribution in [2.45, 2.75) is 51.7 Å². The summed E-state index contributed by atoms with van der Waals surface area (Å²) in [5.41, 5.74) is -1.25. The maximum Gasteiger partial charge on any atom is 0.410 e. The summed E-state index contributed by atoms with van der Waals surface area (Å²) < 4.78 is 5.25. The fraction of sp³-hybridized carbons (Fsp3) is 0.833. The molecule has 1 aliphatic rings. The van der Waals surface area contributed by atoms with Crippen LogP contribution in [0, 0.1) is 5.92 Å². The van der Waals surface area contributed by atoms with E-state index >= 15 is 0 Å². The van der Waals surface area contributed by atoms with Crippen LogP contribution in [0.2, 0.25) is 0 Å². The smallest absolute Gasteiger partial charge is 0.410 e. The average Bonchev–Trinajstić information content (AvgIpc) is 2.96. The number of aldehydes is 1. The summed E-state index contributed by atoms with van der Waals surface area (Å²) >= 11 is 0. The lowest BCUT2D eigenvalue weighted by molar-refractivity contribution is -0.118. The van der Waals surface area contributed by atoms with Gasteiger partial charge < -0.3 is 9.53 Å². The molecule has 0 aromatic rings. The van der Waals surface area contributed by atoms with E-state index in [9.17, 15) is 9.59 Å². The van der Waals surface area contributed by atoms with Gasteiger partial charge in [0, 0.05) is 7.05 Å². The second-order valence-corrected chi connectivity index (χ2v) is 5.66. The summed E-state index contributed by atoms with van der Waals surface area (Å²) in [7, 11) is 1.63. The van der Waals surface area contributed by atoms with E-state index in [4.69, 9.17) is 4.74 Å². The van der Waals surface area contributed by atoms with Gasteiger partial charge in [0.15, 0.2) is 0 Å². The van der Waals surface area contributed by atoms with E-state index in [1.807, 2.05) is 20.8 Å². The molecule has 0 bridgehead atoms. The Morgan fingerprint density at radius 1 is 1.31 bits per heavy atom. The van der Waals surface area contributed by atoms with Gasteiger partial charge in [0.1, 0.15) is 17.4 Å². The fourth-order valence-electron chi connectivity index (χ4n) is 1.64. The minimum Gasteiger partial charge on any atom is -0.444 e. The zero-order valence-corrected chi connectivity index (χ0v) is 10.7. The molecule has 16 heavy (non-hydrogen) atoms. The molecule has 1 aliphatic carbocycles. The van der Waals surface area contributed by atoms with Crippen molar-refractivity contribution < 1.29 is 14.3 Å². The van der Waals surface area contributed by atoms with E-state index < -0.39 is 17.2 Å². The van der Waals surface area contributed by atoms with Crippen LogP contribution in [0.3, 0.4) is 0 Å². The molecule has 0 aliphatic heterocycles. The minimum absolute atomic E-state index is 0.280. The molecule has 0 radical (unpaired) electrons. The monoisotopic (exact) mass is 227 g/mol. The highest BCUT2D eigenvalue weighted by molar-refractivity contribution is 5.77. The number of nitrogens with zero attached hydrogens (tertiary/aromatic N) is 1. The lowest BCUT2D eigenvalue weighted by atomic mass is 9.96. The normalized spacial score (nSPS) is 19.8. The zero-order valence-electron chi connectivity index (χ0n) is 10.7. The highest BCUT2D eigenvalue weighted by atomic mass is 16.6. The van der Waals surface area contributed by atoms with E-state index in [2.05, 4.69) is 0 Å². The van der Waals surface area contributed by atoms with Crippen molar-refractivity contribution in [1.82, 2.24) is 4.90 Å². The highest BCUT2D eigenvalue weighted by Crippen LogP contribution is 2.41. The molecule has 0 spiro atoms. The molecule has 0 heterocycles. The van der Waals surface area contributed by atoms with E-state index in [1.54, 1.807) is 14.0 Å². The van der Waals surface area contributed by atoms with Crippen molar-refractivity contribution in [1.29, 1.82) is 0 Å². The molecule has 1 atom stereocenters. The second kappa shape index (κ2) is 4.07. The van der Waals surface area contributed by atoms with Crippen LogP contribution in [-0.2, 0) is 9.53 Å². The third kappa shape index (κ3) is 2.74. The predicted molar refractivity (Wildman–Crippen MR) is 61.2 cm³/mol. The second-order valence-electron chi connectivity index (χ2n) is 5.66. The molecule has 1 rings (SSSR count). The van der Waals surface area contributed by atoms with Gasteiger partial charge in [-0.2, -0.15) is 0 Å². The Bertz CT molecular complexity index is 291. The number of carbonyl (C=O) groups is 2. The molecule has 1 fully saturated rings. The first-order chi connectivity index (χ1) is 7.20. The van der Waals surface area contributed by atoms with E-state index in [0.717, 1.165) is 19.1 Å². The van der Waals surface area contributed by atoms with Crippen LogP contribution in [0.15, 0.2) is 0 Å². The molecule has 1 unspecified atom stereocenters. The van der Waals surface area contributed by atoms with Crippen molar-refractivity contribution in [3.8, 4) is 0 Å². The molecule has 4 heteroatoms. The van der Waals surface area contributed by atoms with E-state index in [0.29, 0.717) is 0 Å². The number of ether oxygens (including phenoxy) is 1. The summed E-state index contributed by atoms with van der Waals surface area (Å²) in [6, 6.07) is 0. The van der Waals surface area contributed by atoms with Crippen molar-refractivity contribution in [3.63, 3.8) is 0 Å². The molecule has 92 valence electrons. The molecule has 0 aromatic heterocycles. The standard InChI is InChI=1S/C12H21NO3/c1-11(2,3)16-10(15)13(5)12(4,8-14)9-6-7-9/h8-9H,6-7H2,1-5H3. The molecule has 1 amide bonds. The first-order valence-electron chi connectivity index (χ1n) is 5.64. The number of rotatable bonds is 3. The van der Waals surface area contributed by atoms with Crippen LogP contribution in [-0.4, -0.2) is 35.5 Å². The highest BCUT2D eigenvalue weighted by Gasteiger charge is 2.47. The largest absolute Gasteiger partial charge is 0.444 e. The Hall–Kier alpha value is -1.06. The third-order valence-corrected chi connectivity index (χ3v) is 3.03. The Balaban J connectivity index is 2.71. The Morgan fingerprint density at radius 2 is 1.81 bits per heavy atom. The SMILES string of the molecule is CN(C(=O)OC(C)(C)C)C(C)(C=O)C1CC1. The molecule has 0 N–H and O–H groups in total. The summed E-state index contributed by atoms with van der Waals surface area (Å²) in [5, 5.41) is 0. The van der Waals surface area contributed by atoms with Crippen molar-refractivity contribution in [2.75, 3.05) is 7.05 Å². The number of hydrogen-bond acceptors (Lipinski definition) is 3. The van der Waals surface area contributed by atoms with Crippen molar-refractivity contribution in [2.24, 2.45) is 5.92 Å². The predicted octanol–water partition coefficient (Wildman–Crippen LogP) is 2.22. The van der Waals surface area contributed by atoms with Gasteiger partial charge in [0.05, 0.1) is 0 Å². The van der Waals surface area contributed by atoms with Crippen LogP contribution in [0.5, 0.6) is 0 Å². The number of carbonyl (C=O) groups excluding carboxylic acids is 2. The Labute approximate surface area is 96.9 Å². The van der Waals surface area contributed by atoms with Gasteiger partial charge in [-0.3, -0.25) is 4.90 Å². The van der Waals surface area contributed by atoms with E-state index in [-0.39, 0.29) is 5.92 Å². The van der Waals surface area contributed by atoms with Crippen LogP contribution in [0.4, 0.5) is 4.79 Å². The van der Waals surface area contributed by atoms with Gasteiger partial charge in [-0.05, 0) is 46.5 Å². The topological polar surface area (TPSA) is 46.6 Å². The third-order valence-electron chi connectivity index (χ3n) is 3.03. The van der Waals surface area contributed by atoms with Gasteiger partial charge in [-0.15, -0.1) is 0 Å². The van der Waals surface area contributed by atoms with Crippen LogP contribution < -0.4 is 0 Å².